The van der Waals surface area contributed by atoms with Crippen LogP contribution in [0.2, 0.25) is 0 Å². The highest BCUT2D eigenvalue weighted by Crippen LogP contribution is 2.34. The Bertz CT molecular complexity index is 1190. The van der Waals surface area contributed by atoms with Crippen LogP contribution in [-0.4, -0.2) is 59.7 Å². The molecule has 0 bridgehead atoms. The van der Waals surface area contributed by atoms with Crippen molar-refractivity contribution in [2.45, 2.75) is 148 Å². The van der Waals surface area contributed by atoms with E-state index in [9.17, 15) is 18.0 Å². The number of sulfone groups is 1. The summed E-state index contributed by atoms with van der Waals surface area (Å²) in [5.74, 6) is 0.488. The molecule has 0 aliphatic carbocycles. The fraction of sp³-hybridized carbons (Fsp3) is 0.842. The molecule has 1 aromatic rings. The van der Waals surface area contributed by atoms with Crippen molar-refractivity contribution in [1.82, 2.24) is 20.2 Å². The van der Waals surface area contributed by atoms with Crippen molar-refractivity contribution in [3.63, 3.8) is 0 Å². The summed E-state index contributed by atoms with van der Waals surface area (Å²) in [6.45, 7) is 29.4. The normalized spacial score (nSPS) is 16.9. The van der Waals surface area contributed by atoms with E-state index >= 15 is 0 Å². The van der Waals surface area contributed by atoms with Crippen LogP contribution in [-0.2, 0) is 26.0 Å². The Morgan fingerprint density at radius 2 is 1.21 bits per heavy atom. The molecule has 0 radical (unpaired) electrons. The van der Waals surface area contributed by atoms with Gasteiger partial charge in [-0.2, -0.15) is 0 Å². The maximum atomic E-state index is 12.9. The van der Waals surface area contributed by atoms with Gasteiger partial charge < -0.3 is 10.2 Å². The zero-order valence-corrected chi connectivity index (χ0v) is 33.2. The molecule has 0 spiro atoms. The van der Waals surface area contributed by atoms with E-state index in [2.05, 4.69) is 98.4 Å². The predicted octanol–water partition coefficient (Wildman–Crippen LogP) is 8.18. The lowest BCUT2D eigenvalue weighted by Crippen LogP contribution is -2.48. The van der Waals surface area contributed by atoms with Gasteiger partial charge in [0.1, 0.15) is 0 Å². The zero-order valence-electron chi connectivity index (χ0n) is 32.4. The Hall–Kier alpha value is -2.03. The minimum Gasteiger partial charge on any atom is -0.350 e. The van der Waals surface area contributed by atoms with Crippen LogP contribution in [0.3, 0.4) is 0 Å². The molecule has 272 valence electrons. The SMILES string of the molecule is CC(C)(C)CCCCC(C(=O)N1CCS(=O)(=O)CC1)C(C)(C)C.Cc1cnc(CNC(=O)C(CCCCC(C)(C)C)C(C)(C)C)cn1. The fourth-order valence-corrected chi connectivity index (χ4v) is 7.06. The Kier molecular flexibility index (Phi) is 16.6. The molecule has 1 fully saturated rings. The second-order valence-corrected chi connectivity index (χ2v) is 20.6. The van der Waals surface area contributed by atoms with E-state index in [0.29, 0.717) is 30.5 Å². The molecule has 2 rings (SSSR count). The fourth-order valence-electron chi connectivity index (χ4n) is 5.86. The van der Waals surface area contributed by atoms with Crippen LogP contribution in [0.25, 0.3) is 0 Å². The molecule has 1 aliphatic heterocycles. The van der Waals surface area contributed by atoms with E-state index in [0.717, 1.165) is 43.5 Å². The van der Waals surface area contributed by atoms with E-state index in [1.54, 1.807) is 17.3 Å². The van der Waals surface area contributed by atoms with Gasteiger partial charge in [-0.05, 0) is 54.3 Å². The minimum absolute atomic E-state index is 0.0240. The predicted molar refractivity (Wildman–Crippen MR) is 196 cm³/mol. The summed E-state index contributed by atoms with van der Waals surface area (Å²) in [4.78, 5) is 35.8. The number of aromatic nitrogens is 2. The molecular formula is C38H70N4O4S. The van der Waals surface area contributed by atoms with E-state index in [-0.39, 0.29) is 46.0 Å². The maximum Gasteiger partial charge on any atom is 0.226 e. The highest BCUT2D eigenvalue weighted by Gasteiger charge is 2.36. The first-order valence-corrected chi connectivity index (χ1v) is 19.7. The second-order valence-electron chi connectivity index (χ2n) is 18.3. The van der Waals surface area contributed by atoms with Crippen molar-refractivity contribution in [3.8, 4) is 0 Å². The van der Waals surface area contributed by atoms with Crippen LogP contribution in [0.5, 0.6) is 0 Å². The van der Waals surface area contributed by atoms with Gasteiger partial charge in [-0.3, -0.25) is 19.6 Å². The molecule has 1 N–H and O–H groups in total. The molecular weight excluding hydrogens is 609 g/mol. The van der Waals surface area contributed by atoms with Gasteiger partial charge in [0, 0.05) is 31.1 Å². The van der Waals surface area contributed by atoms with Crippen LogP contribution in [0.15, 0.2) is 12.4 Å². The number of nitrogens with one attached hydrogen (secondary N) is 1. The molecule has 8 nitrogen and oxygen atoms in total. The number of hydrogen-bond donors (Lipinski definition) is 1. The van der Waals surface area contributed by atoms with E-state index in [1.807, 2.05) is 6.92 Å². The van der Waals surface area contributed by atoms with Gasteiger partial charge in [-0.15, -0.1) is 0 Å². The third-order valence-corrected chi connectivity index (χ3v) is 10.6. The second kappa shape index (κ2) is 18.1. The molecule has 2 atom stereocenters. The van der Waals surface area contributed by atoms with E-state index in [1.165, 1.54) is 19.3 Å². The van der Waals surface area contributed by atoms with Crippen molar-refractivity contribution in [3.05, 3.63) is 23.8 Å². The topological polar surface area (TPSA) is 109 Å². The van der Waals surface area contributed by atoms with Gasteiger partial charge in [0.2, 0.25) is 11.8 Å². The largest absolute Gasteiger partial charge is 0.350 e. The van der Waals surface area contributed by atoms with Crippen LogP contribution >= 0.6 is 0 Å². The van der Waals surface area contributed by atoms with Crippen molar-refractivity contribution < 1.29 is 18.0 Å². The van der Waals surface area contributed by atoms with Crippen LogP contribution in [0.4, 0.5) is 0 Å². The van der Waals surface area contributed by atoms with Crippen molar-refractivity contribution in [2.75, 3.05) is 24.6 Å². The molecule has 1 aromatic heterocycles. The highest BCUT2D eigenvalue weighted by atomic mass is 32.2. The number of carbonyl (C=O) groups is 2. The van der Waals surface area contributed by atoms with Crippen LogP contribution < -0.4 is 5.32 Å². The number of carbonyl (C=O) groups excluding carboxylic acids is 2. The quantitative estimate of drug-likeness (QED) is 0.223. The third kappa shape index (κ3) is 18.3. The zero-order chi connectivity index (χ0) is 36.3. The van der Waals surface area contributed by atoms with Crippen LogP contribution in [0.1, 0.15) is 146 Å². The first-order chi connectivity index (χ1) is 21.3. The minimum atomic E-state index is -2.94. The van der Waals surface area contributed by atoms with Crippen molar-refractivity contribution in [1.29, 1.82) is 0 Å². The molecule has 2 unspecified atom stereocenters. The third-order valence-electron chi connectivity index (χ3n) is 8.98. The molecule has 2 amide bonds. The Balaban J connectivity index is 0.000000470. The first kappa shape index (κ1) is 43.0. The average molecular weight is 679 g/mol. The Labute approximate surface area is 289 Å². The average Bonchev–Trinajstić information content (AvgIpc) is 2.90. The number of nitrogens with zero attached hydrogens (tertiary/aromatic N) is 3. The summed E-state index contributed by atoms with van der Waals surface area (Å²) >= 11 is 0. The number of amides is 2. The van der Waals surface area contributed by atoms with Crippen molar-refractivity contribution >= 4 is 21.7 Å². The lowest BCUT2D eigenvalue weighted by atomic mass is 9.76. The van der Waals surface area contributed by atoms with E-state index < -0.39 is 9.84 Å². The summed E-state index contributed by atoms with van der Waals surface area (Å²) in [5, 5.41) is 3.04. The summed E-state index contributed by atoms with van der Waals surface area (Å²) in [6, 6.07) is 0. The molecule has 47 heavy (non-hydrogen) atoms. The van der Waals surface area contributed by atoms with E-state index in [4.69, 9.17) is 0 Å². The maximum absolute atomic E-state index is 12.9. The number of unbranched alkanes of at least 4 members (excludes halogenated alkanes) is 2. The lowest BCUT2D eigenvalue weighted by molar-refractivity contribution is -0.139. The van der Waals surface area contributed by atoms with Gasteiger partial charge in [-0.1, -0.05) is 109 Å². The Morgan fingerprint density at radius 3 is 1.62 bits per heavy atom. The summed E-state index contributed by atoms with van der Waals surface area (Å²) in [6.07, 6.45) is 12.1. The molecule has 1 aliphatic rings. The number of rotatable bonds is 12. The highest BCUT2D eigenvalue weighted by molar-refractivity contribution is 7.91. The van der Waals surface area contributed by atoms with Crippen molar-refractivity contribution in [2.24, 2.45) is 33.5 Å². The number of aryl methyl sites for hydroxylation is 1. The smallest absolute Gasteiger partial charge is 0.226 e. The molecule has 0 saturated carbocycles. The Morgan fingerprint density at radius 1 is 0.745 bits per heavy atom. The lowest BCUT2D eigenvalue weighted by Gasteiger charge is -2.36. The monoisotopic (exact) mass is 679 g/mol. The van der Waals surface area contributed by atoms with Crippen LogP contribution in [0, 0.1) is 40.4 Å². The molecule has 0 aromatic carbocycles. The summed E-state index contributed by atoms with van der Waals surface area (Å²) in [5.41, 5.74) is 2.26. The summed E-state index contributed by atoms with van der Waals surface area (Å²) < 4.78 is 23.1. The van der Waals surface area contributed by atoms with Gasteiger partial charge >= 0.3 is 0 Å². The number of hydrogen-bond acceptors (Lipinski definition) is 6. The molecule has 2 heterocycles. The van der Waals surface area contributed by atoms with Gasteiger partial charge in [0.05, 0.1) is 35.6 Å². The molecule has 1 saturated heterocycles. The summed E-state index contributed by atoms with van der Waals surface area (Å²) in [7, 11) is -2.94. The first-order valence-electron chi connectivity index (χ1n) is 17.9. The van der Waals surface area contributed by atoms with Gasteiger partial charge in [-0.25, -0.2) is 8.42 Å². The van der Waals surface area contributed by atoms with Gasteiger partial charge in [0.15, 0.2) is 9.84 Å². The van der Waals surface area contributed by atoms with Gasteiger partial charge in [0.25, 0.3) is 0 Å². The molecule has 9 heteroatoms. The standard InChI is InChI=1S/C20H35N3O.C18H35NO3S/c1-15-12-22-16(13-21-15)14-23-18(24)17(20(5,6)7)10-8-9-11-19(2,3)4;1-17(2,3)10-8-7-9-15(18(4,5)6)16(20)19-11-13-23(21,22)14-12-19/h12-13,17H,8-11,14H2,1-7H3,(H,23,24);15H,7-14H2,1-6H3.